The second-order valence-electron chi connectivity index (χ2n) is 5.78. The normalized spacial score (nSPS) is 18.4. The van der Waals surface area contributed by atoms with E-state index in [2.05, 4.69) is 10.1 Å². The Kier molecular flexibility index (Phi) is 5.82. The third kappa shape index (κ3) is 5.23. The second-order valence-corrected chi connectivity index (χ2v) is 5.78. The van der Waals surface area contributed by atoms with E-state index in [0.717, 1.165) is 0 Å². The van der Waals surface area contributed by atoms with E-state index in [-0.39, 0.29) is 11.8 Å². The van der Waals surface area contributed by atoms with E-state index in [1.54, 1.807) is 0 Å². The van der Waals surface area contributed by atoms with Gasteiger partial charge in [0.25, 0.3) is 5.91 Å². The van der Waals surface area contributed by atoms with Crippen molar-refractivity contribution in [3.05, 3.63) is 35.4 Å². The molecule has 0 spiro atoms. The lowest BCUT2D eigenvalue weighted by Gasteiger charge is -2.18. The van der Waals surface area contributed by atoms with Crippen LogP contribution in [-0.2, 0) is 4.74 Å². The Morgan fingerprint density at radius 2 is 1.88 bits per heavy atom. The number of nitrogens with zero attached hydrogens (tertiary/aromatic N) is 1. The van der Waals surface area contributed by atoms with E-state index in [9.17, 15) is 22.8 Å². The van der Waals surface area contributed by atoms with Gasteiger partial charge in [-0.25, -0.2) is 4.79 Å². The quantitative estimate of drug-likeness (QED) is 0.831. The minimum absolute atomic E-state index is 0.00522. The zero-order chi connectivity index (χ0) is 17.7. The highest BCUT2D eigenvalue weighted by atomic mass is 19.4. The predicted molar refractivity (Wildman–Crippen MR) is 80.7 cm³/mol. The summed E-state index contributed by atoms with van der Waals surface area (Å²) >= 11 is 0. The minimum atomic E-state index is -4.19. The highest BCUT2D eigenvalue weighted by Crippen LogP contribution is 2.22. The number of hydrogen-bond acceptors (Lipinski definition) is 4. The molecule has 0 saturated carbocycles. The van der Waals surface area contributed by atoms with Crippen LogP contribution in [0.3, 0.4) is 0 Å². The zero-order valence-corrected chi connectivity index (χ0v) is 13.2. The monoisotopic (exact) mass is 344 g/mol. The topological polar surface area (TPSA) is 58.6 Å². The Labute approximate surface area is 137 Å². The van der Waals surface area contributed by atoms with Crippen molar-refractivity contribution in [3.8, 4) is 0 Å². The summed E-state index contributed by atoms with van der Waals surface area (Å²) in [6, 6.07) is 5.99. The van der Waals surface area contributed by atoms with Crippen LogP contribution in [0.5, 0.6) is 0 Å². The van der Waals surface area contributed by atoms with Gasteiger partial charge in [0.1, 0.15) is 0 Å². The summed E-state index contributed by atoms with van der Waals surface area (Å²) in [6.07, 6.45) is -3.57. The van der Waals surface area contributed by atoms with Crippen LogP contribution in [0.25, 0.3) is 0 Å². The molecule has 1 N–H and O–H groups in total. The van der Waals surface area contributed by atoms with Crippen molar-refractivity contribution >= 4 is 11.9 Å². The first-order valence-electron chi connectivity index (χ1n) is 7.54. The van der Waals surface area contributed by atoms with Gasteiger partial charge in [-0.3, -0.25) is 9.69 Å². The largest absolute Gasteiger partial charge is 0.465 e. The number of halogens is 3. The van der Waals surface area contributed by atoms with Gasteiger partial charge >= 0.3 is 12.1 Å². The first-order chi connectivity index (χ1) is 11.3. The van der Waals surface area contributed by atoms with Crippen molar-refractivity contribution in [2.24, 2.45) is 5.92 Å². The summed E-state index contributed by atoms with van der Waals surface area (Å²) in [5.74, 6) is -0.802. The Morgan fingerprint density at radius 1 is 1.25 bits per heavy atom. The fraction of sp³-hybridized carbons (Fsp3) is 0.500. The van der Waals surface area contributed by atoms with Crippen LogP contribution in [0.15, 0.2) is 24.3 Å². The van der Waals surface area contributed by atoms with Crippen LogP contribution in [0.2, 0.25) is 0 Å². The van der Waals surface area contributed by atoms with Crippen molar-refractivity contribution in [1.82, 2.24) is 10.2 Å². The van der Waals surface area contributed by atoms with Gasteiger partial charge in [0.05, 0.1) is 19.2 Å². The van der Waals surface area contributed by atoms with Crippen molar-refractivity contribution in [1.29, 1.82) is 0 Å². The molecule has 1 atom stereocenters. The van der Waals surface area contributed by atoms with E-state index >= 15 is 0 Å². The standard InChI is InChI=1S/C16H19F3N2O3/c1-24-15(23)13-4-2-12(3-5-13)14(22)20-8-11-6-7-21(9-11)10-16(17,18)19/h2-5,11H,6-10H2,1H3,(H,20,22)/t11-/m1/s1. The maximum Gasteiger partial charge on any atom is 0.401 e. The van der Waals surface area contributed by atoms with Gasteiger partial charge in [-0.15, -0.1) is 0 Å². The van der Waals surface area contributed by atoms with Crippen LogP contribution < -0.4 is 5.32 Å². The lowest BCUT2D eigenvalue weighted by molar-refractivity contribution is -0.143. The molecule has 1 heterocycles. The summed E-state index contributed by atoms with van der Waals surface area (Å²) in [4.78, 5) is 24.7. The molecule has 0 aliphatic carbocycles. The molecule has 1 fully saturated rings. The van der Waals surface area contributed by atoms with E-state index < -0.39 is 18.7 Å². The number of likely N-dealkylation sites (tertiary alicyclic amines) is 1. The van der Waals surface area contributed by atoms with Crippen LogP contribution in [0.1, 0.15) is 27.1 Å². The summed E-state index contributed by atoms with van der Waals surface area (Å²) in [5, 5.41) is 2.72. The molecule has 1 aliphatic rings. The molecule has 1 amide bonds. The van der Waals surface area contributed by atoms with E-state index in [1.165, 1.54) is 36.3 Å². The van der Waals surface area contributed by atoms with Gasteiger partial charge in [0.2, 0.25) is 0 Å². The van der Waals surface area contributed by atoms with E-state index in [0.29, 0.717) is 37.2 Å². The molecular weight excluding hydrogens is 325 g/mol. The van der Waals surface area contributed by atoms with Crippen LogP contribution in [-0.4, -0.2) is 56.2 Å². The van der Waals surface area contributed by atoms with E-state index in [4.69, 9.17) is 0 Å². The number of carbonyl (C=O) groups excluding carboxylic acids is 2. The molecule has 8 heteroatoms. The fourth-order valence-corrected chi connectivity index (χ4v) is 2.69. The van der Waals surface area contributed by atoms with Crippen molar-refractivity contribution in [3.63, 3.8) is 0 Å². The third-order valence-corrected chi connectivity index (χ3v) is 3.89. The molecule has 1 aromatic carbocycles. The smallest absolute Gasteiger partial charge is 0.401 e. The van der Waals surface area contributed by atoms with Gasteiger partial charge in [0.15, 0.2) is 0 Å². The number of hydrogen-bond donors (Lipinski definition) is 1. The number of ether oxygens (including phenoxy) is 1. The lowest BCUT2D eigenvalue weighted by Crippen LogP contribution is -2.34. The fourth-order valence-electron chi connectivity index (χ4n) is 2.69. The molecular formula is C16H19F3N2O3. The minimum Gasteiger partial charge on any atom is -0.465 e. The van der Waals surface area contributed by atoms with Gasteiger partial charge in [-0.05, 0) is 43.1 Å². The lowest BCUT2D eigenvalue weighted by atomic mass is 10.1. The van der Waals surface area contributed by atoms with E-state index in [1.807, 2.05) is 0 Å². The highest BCUT2D eigenvalue weighted by molar-refractivity contribution is 5.96. The van der Waals surface area contributed by atoms with Crippen LogP contribution in [0.4, 0.5) is 13.2 Å². The van der Waals surface area contributed by atoms with Crippen molar-refractivity contribution < 1.29 is 27.5 Å². The number of amides is 1. The molecule has 0 radical (unpaired) electrons. The summed E-state index contributed by atoms with van der Waals surface area (Å²) in [7, 11) is 1.27. The number of alkyl halides is 3. The number of esters is 1. The molecule has 1 aliphatic heterocycles. The Balaban J connectivity index is 1.80. The Morgan fingerprint density at radius 3 is 2.46 bits per heavy atom. The number of rotatable bonds is 5. The van der Waals surface area contributed by atoms with Gasteiger partial charge in [-0.1, -0.05) is 0 Å². The molecule has 24 heavy (non-hydrogen) atoms. The summed E-state index contributed by atoms with van der Waals surface area (Å²) < 4.78 is 41.6. The number of carbonyl (C=O) groups is 2. The average molecular weight is 344 g/mol. The molecule has 1 aromatic rings. The first kappa shape index (κ1) is 18.3. The second kappa shape index (κ2) is 7.65. The molecule has 5 nitrogen and oxygen atoms in total. The maximum absolute atomic E-state index is 12.3. The zero-order valence-electron chi connectivity index (χ0n) is 13.2. The predicted octanol–water partition coefficient (Wildman–Crippen LogP) is 2.09. The third-order valence-electron chi connectivity index (χ3n) is 3.89. The SMILES string of the molecule is COC(=O)c1ccc(C(=O)NC[C@H]2CCN(CC(F)(F)F)C2)cc1. The van der Waals surface area contributed by atoms with Crippen LogP contribution in [0, 0.1) is 5.92 Å². The Hall–Kier alpha value is -2.09. The molecule has 0 bridgehead atoms. The molecule has 0 aromatic heterocycles. The first-order valence-corrected chi connectivity index (χ1v) is 7.54. The van der Waals surface area contributed by atoms with Gasteiger partial charge in [0, 0.05) is 18.7 Å². The van der Waals surface area contributed by atoms with Gasteiger partial charge < -0.3 is 10.1 Å². The van der Waals surface area contributed by atoms with Crippen molar-refractivity contribution in [2.45, 2.75) is 12.6 Å². The molecule has 2 rings (SSSR count). The average Bonchev–Trinajstić information content (AvgIpc) is 2.97. The highest BCUT2D eigenvalue weighted by Gasteiger charge is 2.34. The number of benzene rings is 1. The van der Waals surface area contributed by atoms with Crippen LogP contribution >= 0.6 is 0 Å². The van der Waals surface area contributed by atoms with Crippen molar-refractivity contribution in [2.75, 3.05) is 33.3 Å². The number of methoxy groups -OCH3 is 1. The number of nitrogens with one attached hydrogen (secondary N) is 1. The summed E-state index contributed by atoms with van der Waals surface area (Å²) in [5.41, 5.74) is 0.723. The van der Waals surface area contributed by atoms with Gasteiger partial charge in [-0.2, -0.15) is 13.2 Å². The Bertz CT molecular complexity index is 587. The molecule has 1 saturated heterocycles. The maximum atomic E-state index is 12.3. The molecule has 0 unspecified atom stereocenters. The molecule has 132 valence electrons. The summed E-state index contributed by atoms with van der Waals surface area (Å²) in [6.45, 7) is 0.118.